The SMILES string of the molecule is CCc1ccc(N(CC)C(=O)c2nc(-c3cccc(F)c3)n3c2CCCCC3)cc1. The Kier molecular flexibility index (Phi) is 5.98. The van der Waals surface area contributed by atoms with Crippen LogP contribution in [0.25, 0.3) is 11.4 Å². The van der Waals surface area contributed by atoms with Gasteiger partial charge in [0.25, 0.3) is 5.91 Å². The molecule has 0 N–H and O–H groups in total. The summed E-state index contributed by atoms with van der Waals surface area (Å²) >= 11 is 0. The number of aromatic nitrogens is 2. The Hall–Kier alpha value is -2.95. The molecule has 0 radical (unpaired) electrons. The Labute approximate surface area is 177 Å². The molecule has 0 bridgehead atoms. The molecule has 2 heterocycles. The molecule has 0 spiro atoms. The first-order valence-electron chi connectivity index (χ1n) is 10.9. The summed E-state index contributed by atoms with van der Waals surface area (Å²) in [6.07, 6.45) is 4.97. The molecule has 3 aromatic rings. The smallest absolute Gasteiger partial charge is 0.278 e. The van der Waals surface area contributed by atoms with Gasteiger partial charge in [-0.3, -0.25) is 4.79 Å². The third kappa shape index (κ3) is 3.89. The lowest BCUT2D eigenvalue weighted by Crippen LogP contribution is -2.31. The van der Waals surface area contributed by atoms with Crippen molar-refractivity contribution in [2.45, 2.75) is 52.5 Å². The largest absolute Gasteiger partial charge is 0.327 e. The zero-order valence-electron chi connectivity index (χ0n) is 17.7. The molecular formula is C25H28FN3O. The Morgan fingerprint density at radius 1 is 1.10 bits per heavy atom. The molecule has 0 fully saturated rings. The van der Waals surface area contributed by atoms with Crippen molar-refractivity contribution in [3.63, 3.8) is 0 Å². The molecule has 30 heavy (non-hydrogen) atoms. The van der Waals surface area contributed by atoms with Gasteiger partial charge in [-0.2, -0.15) is 0 Å². The minimum absolute atomic E-state index is 0.0879. The predicted octanol–water partition coefficient (Wildman–Crippen LogP) is 5.64. The second kappa shape index (κ2) is 8.82. The molecule has 0 saturated carbocycles. The van der Waals surface area contributed by atoms with Crippen molar-refractivity contribution >= 4 is 11.6 Å². The van der Waals surface area contributed by atoms with Crippen LogP contribution in [0, 0.1) is 5.82 Å². The number of carbonyl (C=O) groups excluding carboxylic acids is 1. The minimum atomic E-state index is -0.294. The second-order valence-corrected chi connectivity index (χ2v) is 7.77. The number of benzene rings is 2. The second-order valence-electron chi connectivity index (χ2n) is 7.77. The molecule has 0 saturated heterocycles. The van der Waals surface area contributed by atoms with E-state index in [-0.39, 0.29) is 11.7 Å². The molecule has 5 heteroatoms. The summed E-state index contributed by atoms with van der Waals surface area (Å²) in [6.45, 7) is 5.46. The summed E-state index contributed by atoms with van der Waals surface area (Å²) < 4.78 is 16.0. The van der Waals surface area contributed by atoms with E-state index < -0.39 is 0 Å². The van der Waals surface area contributed by atoms with Crippen molar-refractivity contribution in [3.8, 4) is 11.4 Å². The highest BCUT2D eigenvalue weighted by Crippen LogP contribution is 2.29. The van der Waals surface area contributed by atoms with Gasteiger partial charge in [-0.25, -0.2) is 9.37 Å². The van der Waals surface area contributed by atoms with E-state index in [0.29, 0.717) is 23.6 Å². The first-order chi connectivity index (χ1) is 14.6. The quantitative estimate of drug-likeness (QED) is 0.551. The maximum absolute atomic E-state index is 13.9. The molecule has 1 aliphatic heterocycles. The zero-order valence-corrected chi connectivity index (χ0v) is 17.7. The molecule has 1 aliphatic rings. The highest BCUT2D eigenvalue weighted by atomic mass is 19.1. The summed E-state index contributed by atoms with van der Waals surface area (Å²) in [5.74, 6) is 0.305. The van der Waals surface area contributed by atoms with E-state index in [9.17, 15) is 9.18 Å². The lowest BCUT2D eigenvalue weighted by molar-refractivity contribution is 0.0983. The summed E-state index contributed by atoms with van der Waals surface area (Å²) in [6, 6.07) is 14.6. The van der Waals surface area contributed by atoms with E-state index in [0.717, 1.165) is 50.0 Å². The standard InChI is InChI=1S/C25H28FN3O/c1-3-18-12-14-21(15-13-18)28(4-2)25(30)23-22-11-6-5-7-16-29(22)24(27-23)19-9-8-10-20(26)17-19/h8-10,12-15,17H,3-7,11,16H2,1-2H3. The number of hydrogen-bond acceptors (Lipinski definition) is 2. The molecule has 4 nitrogen and oxygen atoms in total. The number of anilines is 1. The first-order valence-corrected chi connectivity index (χ1v) is 10.9. The van der Waals surface area contributed by atoms with Crippen molar-refractivity contribution < 1.29 is 9.18 Å². The number of aryl methyl sites for hydroxylation is 1. The van der Waals surface area contributed by atoms with Gasteiger partial charge in [0.2, 0.25) is 0 Å². The highest BCUT2D eigenvalue weighted by molar-refractivity contribution is 6.06. The van der Waals surface area contributed by atoms with Crippen LogP contribution in [0.15, 0.2) is 48.5 Å². The highest BCUT2D eigenvalue weighted by Gasteiger charge is 2.27. The fourth-order valence-electron chi connectivity index (χ4n) is 4.22. The van der Waals surface area contributed by atoms with E-state index in [4.69, 9.17) is 4.98 Å². The average molecular weight is 406 g/mol. The van der Waals surface area contributed by atoms with Crippen LogP contribution in [0.5, 0.6) is 0 Å². The Morgan fingerprint density at radius 2 is 1.90 bits per heavy atom. The molecule has 0 unspecified atom stereocenters. The van der Waals surface area contributed by atoms with Crippen molar-refractivity contribution in [1.29, 1.82) is 0 Å². The Morgan fingerprint density at radius 3 is 2.60 bits per heavy atom. The molecule has 156 valence electrons. The summed E-state index contributed by atoms with van der Waals surface area (Å²) in [5.41, 5.74) is 4.30. The van der Waals surface area contributed by atoms with E-state index in [1.807, 2.05) is 25.1 Å². The number of fused-ring (bicyclic) bond motifs is 1. The molecule has 2 aromatic carbocycles. The lowest BCUT2D eigenvalue weighted by Gasteiger charge is -2.21. The van der Waals surface area contributed by atoms with Crippen LogP contribution in [0.4, 0.5) is 10.1 Å². The molecule has 0 aliphatic carbocycles. The Bertz CT molecular complexity index is 1040. The summed E-state index contributed by atoms with van der Waals surface area (Å²) in [4.78, 5) is 20.2. The number of amides is 1. The fourth-order valence-corrected chi connectivity index (χ4v) is 4.22. The van der Waals surface area contributed by atoms with E-state index in [1.54, 1.807) is 11.0 Å². The molecule has 4 rings (SSSR count). The molecule has 0 atom stereocenters. The number of nitrogens with zero attached hydrogens (tertiary/aromatic N) is 3. The minimum Gasteiger partial charge on any atom is -0.327 e. The average Bonchev–Trinajstić information content (AvgIpc) is 2.95. The van der Waals surface area contributed by atoms with Gasteiger partial charge in [0.05, 0.1) is 5.69 Å². The van der Waals surface area contributed by atoms with Crippen LogP contribution < -0.4 is 4.90 Å². The molecule has 1 amide bonds. The maximum atomic E-state index is 13.9. The van der Waals surface area contributed by atoms with Gasteiger partial charge in [-0.1, -0.05) is 37.6 Å². The third-order valence-corrected chi connectivity index (χ3v) is 5.87. The van der Waals surface area contributed by atoms with Gasteiger partial charge >= 0.3 is 0 Å². The lowest BCUT2D eigenvalue weighted by atomic mass is 10.1. The number of halogens is 1. The number of carbonyl (C=O) groups is 1. The van der Waals surface area contributed by atoms with Gasteiger partial charge in [0.15, 0.2) is 5.69 Å². The normalized spacial score (nSPS) is 13.6. The third-order valence-electron chi connectivity index (χ3n) is 5.87. The van der Waals surface area contributed by atoms with Crippen LogP contribution >= 0.6 is 0 Å². The molecule has 1 aromatic heterocycles. The van der Waals surface area contributed by atoms with Gasteiger partial charge in [0, 0.05) is 24.3 Å². The number of hydrogen-bond donors (Lipinski definition) is 0. The van der Waals surface area contributed by atoms with Crippen molar-refractivity contribution in [1.82, 2.24) is 9.55 Å². The predicted molar refractivity (Wildman–Crippen MR) is 118 cm³/mol. The van der Waals surface area contributed by atoms with Crippen LogP contribution in [0.3, 0.4) is 0 Å². The van der Waals surface area contributed by atoms with Crippen molar-refractivity contribution in [3.05, 3.63) is 71.3 Å². The van der Waals surface area contributed by atoms with Gasteiger partial charge in [0.1, 0.15) is 11.6 Å². The van der Waals surface area contributed by atoms with E-state index in [2.05, 4.69) is 23.6 Å². The van der Waals surface area contributed by atoms with Gasteiger partial charge < -0.3 is 9.47 Å². The van der Waals surface area contributed by atoms with Crippen LogP contribution in [-0.4, -0.2) is 22.0 Å². The number of rotatable bonds is 5. The van der Waals surface area contributed by atoms with Crippen LogP contribution in [0.2, 0.25) is 0 Å². The maximum Gasteiger partial charge on any atom is 0.278 e. The van der Waals surface area contributed by atoms with Crippen LogP contribution in [0.1, 0.15) is 54.9 Å². The van der Waals surface area contributed by atoms with E-state index in [1.165, 1.54) is 17.7 Å². The summed E-state index contributed by atoms with van der Waals surface area (Å²) in [7, 11) is 0. The Balaban J connectivity index is 1.77. The fraction of sp³-hybridized carbons (Fsp3) is 0.360. The number of imidazole rings is 1. The first kappa shape index (κ1) is 20.3. The molecular weight excluding hydrogens is 377 g/mol. The topological polar surface area (TPSA) is 38.1 Å². The summed E-state index contributed by atoms with van der Waals surface area (Å²) in [5, 5.41) is 0. The monoisotopic (exact) mass is 405 g/mol. The zero-order chi connectivity index (χ0) is 21.1. The van der Waals surface area contributed by atoms with Crippen LogP contribution in [-0.2, 0) is 19.4 Å². The van der Waals surface area contributed by atoms with Crippen molar-refractivity contribution in [2.24, 2.45) is 0 Å². The van der Waals surface area contributed by atoms with E-state index >= 15 is 0 Å². The van der Waals surface area contributed by atoms with Gasteiger partial charge in [-0.15, -0.1) is 0 Å². The van der Waals surface area contributed by atoms with Gasteiger partial charge in [-0.05, 0) is 62.4 Å². The van der Waals surface area contributed by atoms with Crippen molar-refractivity contribution in [2.75, 3.05) is 11.4 Å².